The third-order valence-corrected chi connectivity index (χ3v) is 4.08. The van der Waals surface area contributed by atoms with Crippen LogP contribution in [0.2, 0.25) is 0 Å². The van der Waals surface area contributed by atoms with Gasteiger partial charge in [-0.2, -0.15) is 0 Å². The fraction of sp³-hybridized carbons (Fsp3) is 0.500. The number of nitrogens with one attached hydrogen (secondary N) is 2. The zero-order valence-corrected chi connectivity index (χ0v) is 13.7. The second-order valence-electron chi connectivity index (χ2n) is 5.71. The number of para-hydroxylation sites is 2. The van der Waals surface area contributed by atoms with Crippen LogP contribution in [0.3, 0.4) is 0 Å². The van der Waals surface area contributed by atoms with Gasteiger partial charge in [0.15, 0.2) is 0 Å². The molecule has 1 amide bonds. The maximum Gasteiger partial charge on any atom is 0.239 e. The fourth-order valence-corrected chi connectivity index (χ4v) is 2.88. The number of carbonyl (C=O) groups excluding carboxylic acids is 1. The highest BCUT2D eigenvalue weighted by Crippen LogP contribution is 2.12. The Labute approximate surface area is 136 Å². The lowest BCUT2D eigenvalue weighted by Crippen LogP contribution is -2.42. The van der Waals surface area contributed by atoms with Crippen molar-refractivity contribution in [2.75, 3.05) is 20.1 Å². The molecule has 1 unspecified atom stereocenters. The number of aromatic amines is 1. The third-order valence-electron chi connectivity index (χ3n) is 4.08. The molecule has 0 spiro atoms. The van der Waals surface area contributed by atoms with Crippen LogP contribution in [0.1, 0.15) is 25.1 Å². The second-order valence-corrected chi connectivity index (χ2v) is 5.71. The maximum atomic E-state index is 12.2. The Morgan fingerprint density at radius 1 is 1.41 bits per heavy atom. The summed E-state index contributed by atoms with van der Waals surface area (Å²) in [7, 11) is 1.89. The molecule has 1 aromatic heterocycles. The van der Waals surface area contributed by atoms with Gasteiger partial charge in [-0.3, -0.25) is 4.79 Å². The molecule has 1 atom stereocenters. The van der Waals surface area contributed by atoms with Crippen LogP contribution in [-0.2, 0) is 11.2 Å². The molecule has 1 aromatic carbocycles. The number of hydrogen-bond donors (Lipinski definition) is 2. The van der Waals surface area contributed by atoms with Crippen LogP contribution in [0.15, 0.2) is 24.3 Å². The number of hydrogen-bond acceptors (Lipinski definition) is 3. The van der Waals surface area contributed by atoms with Gasteiger partial charge in [-0.1, -0.05) is 12.1 Å². The van der Waals surface area contributed by atoms with Gasteiger partial charge in [-0.15, -0.1) is 12.4 Å². The minimum absolute atomic E-state index is 0. The van der Waals surface area contributed by atoms with Gasteiger partial charge in [0.05, 0.1) is 17.1 Å². The number of likely N-dealkylation sites (N-methyl/N-ethyl adjacent to an activating group) is 1. The van der Waals surface area contributed by atoms with Gasteiger partial charge in [0.25, 0.3) is 0 Å². The first-order valence-electron chi connectivity index (χ1n) is 7.66. The minimum Gasteiger partial charge on any atom is -0.344 e. The van der Waals surface area contributed by atoms with E-state index in [4.69, 9.17) is 0 Å². The van der Waals surface area contributed by atoms with E-state index in [2.05, 4.69) is 15.3 Å². The number of imidazole rings is 1. The van der Waals surface area contributed by atoms with Gasteiger partial charge in [0.2, 0.25) is 5.91 Å². The topological polar surface area (TPSA) is 61.0 Å². The molecule has 1 aliphatic rings. The first-order valence-corrected chi connectivity index (χ1v) is 7.66. The highest BCUT2D eigenvalue weighted by atomic mass is 35.5. The molecule has 1 saturated heterocycles. The van der Waals surface area contributed by atoms with Crippen molar-refractivity contribution in [2.45, 2.75) is 31.7 Å². The third kappa shape index (κ3) is 3.78. The van der Waals surface area contributed by atoms with E-state index in [1.165, 1.54) is 0 Å². The van der Waals surface area contributed by atoms with Crippen LogP contribution in [0.5, 0.6) is 0 Å². The number of aryl methyl sites for hydroxylation is 1. The molecule has 0 saturated carbocycles. The molecule has 1 fully saturated rings. The van der Waals surface area contributed by atoms with Gasteiger partial charge >= 0.3 is 0 Å². The van der Waals surface area contributed by atoms with E-state index in [1.807, 2.05) is 36.2 Å². The van der Waals surface area contributed by atoms with Crippen molar-refractivity contribution in [1.29, 1.82) is 0 Å². The summed E-state index contributed by atoms with van der Waals surface area (Å²) in [5, 5.41) is 3.25. The Balaban J connectivity index is 0.00000176. The van der Waals surface area contributed by atoms with Crippen molar-refractivity contribution in [1.82, 2.24) is 20.2 Å². The lowest BCUT2D eigenvalue weighted by Gasteiger charge is -2.20. The maximum absolute atomic E-state index is 12.2. The molecule has 0 radical (unpaired) electrons. The van der Waals surface area contributed by atoms with E-state index < -0.39 is 0 Å². The van der Waals surface area contributed by atoms with Crippen LogP contribution in [0, 0.1) is 0 Å². The molecule has 0 bridgehead atoms. The van der Waals surface area contributed by atoms with Gasteiger partial charge < -0.3 is 15.2 Å². The molecule has 22 heavy (non-hydrogen) atoms. The molecule has 6 heteroatoms. The van der Waals surface area contributed by atoms with Crippen LogP contribution in [0.4, 0.5) is 0 Å². The van der Waals surface area contributed by atoms with Crippen LogP contribution in [0.25, 0.3) is 11.0 Å². The van der Waals surface area contributed by atoms with Crippen molar-refractivity contribution < 1.29 is 4.79 Å². The minimum atomic E-state index is 0. The molecular weight excluding hydrogens is 300 g/mol. The van der Waals surface area contributed by atoms with Crippen molar-refractivity contribution in [2.24, 2.45) is 0 Å². The number of nitrogens with zero attached hydrogens (tertiary/aromatic N) is 2. The van der Waals surface area contributed by atoms with Crippen LogP contribution >= 0.6 is 12.4 Å². The quantitative estimate of drug-likeness (QED) is 0.886. The number of fused-ring (bicyclic) bond motifs is 1. The summed E-state index contributed by atoms with van der Waals surface area (Å²) < 4.78 is 0. The molecule has 2 N–H and O–H groups in total. The predicted molar refractivity (Wildman–Crippen MR) is 90.3 cm³/mol. The summed E-state index contributed by atoms with van der Waals surface area (Å²) in [4.78, 5) is 21.9. The highest BCUT2D eigenvalue weighted by Gasteiger charge is 2.24. The van der Waals surface area contributed by atoms with Crippen molar-refractivity contribution in [3.05, 3.63) is 30.1 Å². The summed E-state index contributed by atoms with van der Waals surface area (Å²) in [5.41, 5.74) is 2.08. The number of rotatable bonds is 5. The number of halogens is 1. The summed E-state index contributed by atoms with van der Waals surface area (Å²) in [6.45, 7) is 1.73. The van der Waals surface area contributed by atoms with Gasteiger partial charge in [-0.05, 0) is 37.9 Å². The average Bonchev–Trinajstić information content (AvgIpc) is 3.15. The van der Waals surface area contributed by atoms with E-state index in [0.717, 1.165) is 55.6 Å². The van der Waals surface area contributed by atoms with Crippen molar-refractivity contribution >= 4 is 29.3 Å². The molecule has 2 aromatic rings. The van der Waals surface area contributed by atoms with E-state index >= 15 is 0 Å². The lowest BCUT2D eigenvalue weighted by atomic mass is 10.2. The van der Waals surface area contributed by atoms with Gasteiger partial charge in [0.1, 0.15) is 5.82 Å². The Morgan fingerprint density at radius 3 is 2.95 bits per heavy atom. The van der Waals surface area contributed by atoms with E-state index in [0.29, 0.717) is 0 Å². The van der Waals surface area contributed by atoms with E-state index in [-0.39, 0.29) is 24.4 Å². The van der Waals surface area contributed by atoms with Gasteiger partial charge in [-0.25, -0.2) is 4.98 Å². The molecule has 5 nitrogen and oxygen atoms in total. The van der Waals surface area contributed by atoms with Crippen molar-refractivity contribution in [3.8, 4) is 0 Å². The SMILES string of the molecule is CN(CCCc1nc2ccccc2[nH]1)C(=O)C1CCCN1.Cl. The van der Waals surface area contributed by atoms with Crippen LogP contribution in [-0.4, -0.2) is 47.0 Å². The standard InChI is InChI=1S/C16H22N4O.ClH/c1-20(16(21)14-8-4-10-17-14)11-5-9-15-18-12-6-2-3-7-13(12)19-15;/h2-3,6-7,14,17H,4-5,8-11H2,1H3,(H,18,19);1H. The summed E-state index contributed by atoms with van der Waals surface area (Å²) >= 11 is 0. The summed E-state index contributed by atoms with van der Waals surface area (Å²) in [6.07, 6.45) is 3.86. The van der Waals surface area contributed by atoms with Gasteiger partial charge in [0, 0.05) is 20.0 Å². The average molecular weight is 323 g/mol. The second kappa shape index (κ2) is 7.61. The number of amides is 1. The number of carbonyl (C=O) groups is 1. The number of aromatic nitrogens is 2. The van der Waals surface area contributed by atoms with Crippen LogP contribution < -0.4 is 5.32 Å². The zero-order chi connectivity index (χ0) is 14.7. The van der Waals surface area contributed by atoms with E-state index in [1.54, 1.807) is 0 Å². The zero-order valence-electron chi connectivity index (χ0n) is 12.8. The predicted octanol–water partition coefficient (Wildman–Crippen LogP) is 2.13. The normalized spacial score (nSPS) is 17.4. The Morgan fingerprint density at radius 2 is 2.23 bits per heavy atom. The number of benzene rings is 1. The molecular formula is C16H23ClN4O. The molecule has 0 aliphatic carbocycles. The van der Waals surface area contributed by atoms with Crippen molar-refractivity contribution in [3.63, 3.8) is 0 Å². The smallest absolute Gasteiger partial charge is 0.239 e. The largest absolute Gasteiger partial charge is 0.344 e. The monoisotopic (exact) mass is 322 g/mol. The Bertz CT molecular complexity index is 588. The Hall–Kier alpha value is -1.59. The molecule has 2 heterocycles. The fourth-order valence-electron chi connectivity index (χ4n) is 2.88. The molecule has 120 valence electrons. The number of H-pyrrole nitrogens is 1. The van der Waals surface area contributed by atoms with E-state index in [9.17, 15) is 4.79 Å². The highest BCUT2D eigenvalue weighted by molar-refractivity contribution is 5.85. The molecule has 1 aliphatic heterocycles. The summed E-state index contributed by atoms with van der Waals surface area (Å²) in [6, 6.07) is 8.07. The first-order chi connectivity index (χ1) is 10.2. The Kier molecular flexibility index (Phi) is 5.80. The summed E-state index contributed by atoms with van der Waals surface area (Å²) in [5.74, 6) is 1.22. The first kappa shape index (κ1) is 16.8. The molecule has 3 rings (SSSR count). The lowest BCUT2D eigenvalue weighted by molar-refractivity contribution is -0.131.